The molecule has 3 N–H and O–H groups in total. The molecule has 0 aromatic heterocycles. The number of aliphatic hydroxyl groups excluding tert-OH is 2. The zero-order valence-corrected chi connectivity index (χ0v) is 5.38. The Morgan fingerprint density at radius 2 is 1.56 bits per heavy atom. The molecule has 3 nitrogen and oxygen atoms in total. The highest BCUT2D eigenvalue weighted by Crippen LogP contribution is 2.10. The lowest BCUT2D eigenvalue weighted by atomic mass is 10.2. The van der Waals surface area contributed by atoms with Gasteiger partial charge >= 0.3 is 0 Å². The van der Waals surface area contributed by atoms with Gasteiger partial charge in [-0.05, 0) is 12.8 Å². The van der Waals surface area contributed by atoms with Crippen LogP contribution in [0.15, 0.2) is 0 Å². The Labute approximate surface area is 54.7 Å². The standard InChI is InChI=1S/C6H13NO2/c8-3-5-1-2-6(4-9)7-5/h5-9H,1-4H2/t5-,6+. The number of aliphatic hydroxyl groups is 2. The monoisotopic (exact) mass is 131 g/mol. The summed E-state index contributed by atoms with van der Waals surface area (Å²) in [6.07, 6.45) is 1.98. The first-order valence-corrected chi connectivity index (χ1v) is 3.34. The minimum atomic E-state index is 0.191. The maximum Gasteiger partial charge on any atom is 0.0584 e. The van der Waals surface area contributed by atoms with Crippen LogP contribution in [0.1, 0.15) is 12.8 Å². The van der Waals surface area contributed by atoms with E-state index in [1.54, 1.807) is 0 Å². The normalized spacial score (nSPS) is 35.3. The van der Waals surface area contributed by atoms with Crippen molar-refractivity contribution in [2.75, 3.05) is 13.2 Å². The number of rotatable bonds is 2. The Bertz CT molecular complexity index is 77.1. The highest BCUT2D eigenvalue weighted by molar-refractivity contribution is 4.81. The van der Waals surface area contributed by atoms with E-state index in [2.05, 4.69) is 5.32 Å². The first-order chi connectivity index (χ1) is 4.36. The number of hydrogen-bond donors (Lipinski definition) is 3. The van der Waals surface area contributed by atoms with Crippen LogP contribution >= 0.6 is 0 Å². The average molecular weight is 131 g/mol. The first kappa shape index (κ1) is 6.99. The fourth-order valence-electron chi connectivity index (χ4n) is 1.19. The molecule has 1 heterocycles. The highest BCUT2D eigenvalue weighted by atomic mass is 16.3. The third-order valence-corrected chi connectivity index (χ3v) is 1.78. The smallest absolute Gasteiger partial charge is 0.0584 e. The highest BCUT2D eigenvalue weighted by Gasteiger charge is 2.21. The summed E-state index contributed by atoms with van der Waals surface area (Å²) in [5.74, 6) is 0. The van der Waals surface area contributed by atoms with Crippen molar-refractivity contribution < 1.29 is 10.2 Å². The van der Waals surface area contributed by atoms with Crippen LogP contribution < -0.4 is 5.32 Å². The summed E-state index contributed by atoms with van der Waals surface area (Å²) in [5.41, 5.74) is 0. The zero-order chi connectivity index (χ0) is 6.69. The van der Waals surface area contributed by atoms with Crippen molar-refractivity contribution in [1.29, 1.82) is 0 Å². The molecule has 1 saturated heterocycles. The fourth-order valence-corrected chi connectivity index (χ4v) is 1.19. The lowest BCUT2D eigenvalue weighted by Crippen LogP contribution is -2.33. The molecule has 9 heavy (non-hydrogen) atoms. The van der Waals surface area contributed by atoms with Crippen LogP contribution in [0.2, 0.25) is 0 Å². The molecule has 0 aromatic carbocycles. The molecule has 2 atom stereocenters. The average Bonchev–Trinajstić information content (AvgIpc) is 2.34. The van der Waals surface area contributed by atoms with E-state index in [-0.39, 0.29) is 25.3 Å². The van der Waals surface area contributed by atoms with E-state index >= 15 is 0 Å². The summed E-state index contributed by atoms with van der Waals surface area (Å²) in [4.78, 5) is 0. The SMILES string of the molecule is OC[C@@H]1CC[C@H](CO)N1. The van der Waals surface area contributed by atoms with Gasteiger partial charge in [0.2, 0.25) is 0 Å². The molecule has 1 rings (SSSR count). The molecule has 0 spiro atoms. The second-order valence-corrected chi connectivity index (χ2v) is 2.50. The summed E-state index contributed by atoms with van der Waals surface area (Å²) in [5, 5.41) is 20.4. The van der Waals surface area contributed by atoms with Crippen LogP contribution in [0.4, 0.5) is 0 Å². The maximum absolute atomic E-state index is 8.64. The lowest BCUT2D eigenvalue weighted by Gasteiger charge is -2.08. The van der Waals surface area contributed by atoms with Gasteiger partial charge in [0.15, 0.2) is 0 Å². The Hall–Kier alpha value is -0.120. The van der Waals surface area contributed by atoms with Crippen LogP contribution in [-0.2, 0) is 0 Å². The van der Waals surface area contributed by atoms with Gasteiger partial charge in [0.1, 0.15) is 0 Å². The molecule has 0 radical (unpaired) electrons. The van der Waals surface area contributed by atoms with Gasteiger partial charge in [-0.15, -0.1) is 0 Å². The molecule has 0 amide bonds. The van der Waals surface area contributed by atoms with Crippen molar-refractivity contribution in [3.8, 4) is 0 Å². The minimum Gasteiger partial charge on any atom is -0.395 e. The van der Waals surface area contributed by atoms with E-state index in [9.17, 15) is 0 Å². The topological polar surface area (TPSA) is 52.5 Å². The fraction of sp³-hybridized carbons (Fsp3) is 1.00. The lowest BCUT2D eigenvalue weighted by molar-refractivity contribution is 0.227. The molecular formula is C6H13NO2. The molecule has 0 saturated carbocycles. The molecule has 54 valence electrons. The largest absolute Gasteiger partial charge is 0.395 e. The number of nitrogens with one attached hydrogen (secondary N) is 1. The van der Waals surface area contributed by atoms with Crippen LogP contribution in [0.25, 0.3) is 0 Å². The van der Waals surface area contributed by atoms with Crippen LogP contribution in [0.5, 0.6) is 0 Å². The van der Waals surface area contributed by atoms with E-state index in [4.69, 9.17) is 10.2 Å². The van der Waals surface area contributed by atoms with Crippen LogP contribution in [-0.4, -0.2) is 35.5 Å². The quantitative estimate of drug-likeness (QED) is 0.455. The summed E-state index contributed by atoms with van der Waals surface area (Å²) < 4.78 is 0. The van der Waals surface area contributed by atoms with E-state index in [0.717, 1.165) is 12.8 Å². The summed E-state index contributed by atoms with van der Waals surface area (Å²) in [6, 6.07) is 0.448. The van der Waals surface area contributed by atoms with Gasteiger partial charge in [0.05, 0.1) is 13.2 Å². The Kier molecular flexibility index (Phi) is 2.45. The summed E-state index contributed by atoms with van der Waals surface area (Å²) in [6.45, 7) is 0.382. The molecule has 0 aliphatic carbocycles. The molecular weight excluding hydrogens is 118 g/mol. The van der Waals surface area contributed by atoms with Crippen molar-refractivity contribution in [1.82, 2.24) is 5.32 Å². The molecule has 1 aliphatic rings. The molecule has 1 aliphatic heterocycles. The molecule has 0 bridgehead atoms. The Morgan fingerprint density at radius 3 is 1.78 bits per heavy atom. The third-order valence-electron chi connectivity index (χ3n) is 1.78. The van der Waals surface area contributed by atoms with Crippen LogP contribution in [0.3, 0.4) is 0 Å². The van der Waals surface area contributed by atoms with Gasteiger partial charge < -0.3 is 15.5 Å². The second kappa shape index (κ2) is 3.15. The van der Waals surface area contributed by atoms with Crippen molar-refractivity contribution in [3.05, 3.63) is 0 Å². The van der Waals surface area contributed by atoms with Gasteiger partial charge in [-0.3, -0.25) is 0 Å². The number of hydrogen-bond acceptors (Lipinski definition) is 3. The first-order valence-electron chi connectivity index (χ1n) is 3.34. The van der Waals surface area contributed by atoms with Crippen molar-refractivity contribution >= 4 is 0 Å². The second-order valence-electron chi connectivity index (χ2n) is 2.50. The zero-order valence-electron chi connectivity index (χ0n) is 5.38. The van der Waals surface area contributed by atoms with E-state index in [1.165, 1.54) is 0 Å². The van der Waals surface area contributed by atoms with Gasteiger partial charge in [-0.2, -0.15) is 0 Å². The van der Waals surface area contributed by atoms with Crippen molar-refractivity contribution in [2.45, 2.75) is 24.9 Å². The predicted molar refractivity (Wildman–Crippen MR) is 34.1 cm³/mol. The van der Waals surface area contributed by atoms with Gasteiger partial charge in [-0.1, -0.05) is 0 Å². The summed E-state index contributed by atoms with van der Waals surface area (Å²) >= 11 is 0. The third kappa shape index (κ3) is 1.64. The van der Waals surface area contributed by atoms with E-state index in [1.807, 2.05) is 0 Å². The van der Waals surface area contributed by atoms with E-state index < -0.39 is 0 Å². The van der Waals surface area contributed by atoms with Crippen LogP contribution in [0, 0.1) is 0 Å². The Morgan fingerprint density at radius 1 is 1.11 bits per heavy atom. The predicted octanol–water partition coefficient (Wildman–Crippen LogP) is -0.908. The van der Waals surface area contributed by atoms with Gasteiger partial charge in [0.25, 0.3) is 0 Å². The maximum atomic E-state index is 8.64. The van der Waals surface area contributed by atoms with E-state index in [0.29, 0.717) is 0 Å². The molecule has 0 unspecified atom stereocenters. The Balaban J connectivity index is 2.20. The molecule has 0 aromatic rings. The van der Waals surface area contributed by atoms with Crippen molar-refractivity contribution in [2.24, 2.45) is 0 Å². The minimum absolute atomic E-state index is 0.191. The molecule has 1 fully saturated rings. The van der Waals surface area contributed by atoms with Crippen molar-refractivity contribution in [3.63, 3.8) is 0 Å². The summed E-state index contributed by atoms with van der Waals surface area (Å²) in [7, 11) is 0. The van der Waals surface area contributed by atoms with Gasteiger partial charge in [-0.25, -0.2) is 0 Å². The molecule has 3 heteroatoms. The van der Waals surface area contributed by atoms with Gasteiger partial charge in [0, 0.05) is 12.1 Å².